The van der Waals surface area contributed by atoms with Gasteiger partial charge in [0.25, 0.3) is 11.2 Å². The average Bonchev–Trinajstić information content (AvgIpc) is 3.08. The number of benzene rings is 1. The van der Waals surface area contributed by atoms with Crippen LogP contribution in [0.3, 0.4) is 0 Å². The van der Waals surface area contributed by atoms with Gasteiger partial charge in [-0.3, -0.25) is 24.4 Å². The van der Waals surface area contributed by atoms with Crippen molar-refractivity contribution in [2.45, 2.75) is 25.4 Å². The molecular formula is C18H18N4O3S. The molecule has 0 amide bonds. The summed E-state index contributed by atoms with van der Waals surface area (Å²) in [5, 5.41) is 12.1. The van der Waals surface area contributed by atoms with Crippen LogP contribution in [0, 0.1) is 10.1 Å². The van der Waals surface area contributed by atoms with Gasteiger partial charge in [-0.25, -0.2) is 4.98 Å². The molecule has 2 aromatic heterocycles. The quantitative estimate of drug-likeness (QED) is 0.520. The highest BCUT2D eigenvalue weighted by Gasteiger charge is 2.23. The number of hydrogen-bond donors (Lipinski definition) is 0. The molecule has 0 bridgehead atoms. The molecule has 1 aromatic carbocycles. The van der Waals surface area contributed by atoms with E-state index in [1.807, 2.05) is 18.2 Å². The van der Waals surface area contributed by atoms with Gasteiger partial charge < -0.3 is 0 Å². The zero-order chi connectivity index (χ0) is 18.1. The maximum atomic E-state index is 12.0. The second-order valence-corrected chi connectivity index (χ2v) is 7.57. The lowest BCUT2D eigenvalue weighted by molar-refractivity contribution is -0.385. The number of rotatable bonds is 4. The fraction of sp³-hybridized carbons (Fsp3) is 0.333. The van der Waals surface area contributed by atoms with Crippen LogP contribution in [-0.4, -0.2) is 32.5 Å². The predicted molar refractivity (Wildman–Crippen MR) is 101 cm³/mol. The van der Waals surface area contributed by atoms with E-state index in [0.717, 1.165) is 31.4 Å². The first-order chi connectivity index (χ1) is 12.6. The van der Waals surface area contributed by atoms with Gasteiger partial charge in [0.05, 0.1) is 33.0 Å². The van der Waals surface area contributed by atoms with Gasteiger partial charge >= 0.3 is 0 Å². The van der Waals surface area contributed by atoms with Crippen molar-refractivity contribution in [3.63, 3.8) is 0 Å². The van der Waals surface area contributed by atoms with E-state index in [9.17, 15) is 14.9 Å². The molecule has 1 saturated heterocycles. The van der Waals surface area contributed by atoms with Gasteiger partial charge in [-0.1, -0.05) is 12.1 Å². The van der Waals surface area contributed by atoms with Crippen LogP contribution < -0.4 is 5.56 Å². The Labute approximate surface area is 153 Å². The largest absolute Gasteiger partial charge is 0.295 e. The zero-order valence-corrected chi connectivity index (χ0v) is 14.9. The number of pyridine rings is 1. The lowest BCUT2D eigenvalue weighted by atomic mass is 9.98. The Bertz CT molecular complexity index is 972. The molecule has 3 aromatic rings. The molecule has 8 heteroatoms. The molecule has 3 heterocycles. The number of nitro groups is 1. The summed E-state index contributed by atoms with van der Waals surface area (Å²) in [7, 11) is 0. The van der Waals surface area contributed by atoms with Crippen molar-refractivity contribution in [3.05, 3.63) is 68.1 Å². The first kappa shape index (κ1) is 16.9. The van der Waals surface area contributed by atoms with Crippen LogP contribution in [0.5, 0.6) is 0 Å². The number of hydrogen-bond acceptors (Lipinski definition) is 6. The van der Waals surface area contributed by atoms with E-state index < -0.39 is 4.92 Å². The van der Waals surface area contributed by atoms with E-state index in [1.54, 1.807) is 11.3 Å². The molecule has 0 unspecified atom stereocenters. The van der Waals surface area contributed by atoms with Gasteiger partial charge in [0.1, 0.15) is 0 Å². The summed E-state index contributed by atoms with van der Waals surface area (Å²) in [6.07, 6.45) is 3.27. The Kier molecular flexibility index (Phi) is 4.52. The summed E-state index contributed by atoms with van der Waals surface area (Å²) in [6, 6.07) is 10.7. The molecule has 4 rings (SSSR count). The highest BCUT2D eigenvalue weighted by atomic mass is 32.1. The number of piperidine rings is 1. The molecular weight excluding hydrogens is 352 g/mol. The molecule has 0 radical (unpaired) electrons. The van der Waals surface area contributed by atoms with Crippen molar-refractivity contribution in [2.24, 2.45) is 0 Å². The number of para-hydroxylation sites is 1. The second kappa shape index (κ2) is 6.97. The minimum absolute atomic E-state index is 0.0611. The van der Waals surface area contributed by atoms with Crippen molar-refractivity contribution in [2.75, 3.05) is 13.1 Å². The molecule has 0 saturated carbocycles. The van der Waals surface area contributed by atoms with Gasteiger partial charge in [-0.15, -0.1) is 11.3 Å². The molecule has 1 aliphatic rings. The number of nitrogens with zero attached hydrogens (tertiary/aromatic N) is 4. The van der Waals surface area contributed by atoms with Crippen LogP contribution in [0.25, 0.3) is 10.2 Å². The fourth-order valence-electron chi connectivity index (χ4n) is 3.34. The molecule has 0 atom stereocenters. The van der Waals surface area contributed by atoms with Gasteiger partial charge in [0.2, 0.25) is 0 Å². The van der Waals surface area contributed by atoms with Crippen LogP contribution >= 0.6 is 11.3 Å². The molecule has 0 aliphatic carbocycles. The van der Waals surface area contributed by atoms with E-state index in [0.29, 0.717) is 12.6 Å². The van der Waals surface area contributed by atoms with E-state index in [4.69, 9.17) is 4.98 Å². The van der Waals surface area contributed by atoms with E-state index in [-0.39, 0.29) is 11.2 Å². The summed E-state index contributed by atoms with van der Waals surface area (Å²) in [5.74, 6) is 0.436. The average molecular weight is 370 g/mol. The lowest BCUT2D eigenvalue weighted by Gasteiger charge is -2.31. The first-order valence-corrected chi connectivity index (χ1v) is 9.34. The third-order valence-electron chi connectivity index (χ3n) is 4.78. The number of thiazole rings is 1. The van der Waals surface area contributed by atoms with Gasteiger partial charge in [-0.05, 0) is 25.0 Å². The second-order valence-electron chi connectivity index (χ2n) is 6.51. The molecule has 0 spiro atoms. The Hall–Kier alpha value is -2.58. The molecule has 134 valence electrons. The van der Waals surface area contributed by atoms with E-state index in [1.165, 1.54) is 32.6 Å². The summed E-state index contributed by atoms with van der Waals surface area (Å²) >= 11 is 1.76. The number of aromatic nitrogens is 2. The van der Waals surface area contributed by atoms with Crippen molar-refractivity contribution in [1.29, 1.82) is 0 Å². The zero-order valence-electron chi connectivity index (χ0n) is 14.1. The van der Waals surface area contributed by atoms with E-state index in [2.05, 4.69) is 11.0 Å². The summed E-state index contributed by atoms with van der Waals surface area (Å²) in [6.45, 7) is 2.07. The highest BCUT2D eigenvalue weighted by molar-refractivity contribution is 7.18. The fourth-order valence-corrected chi connectivity index (χ4v) is 4.48. The summed E-state index contributed by atoms with van der Waals surface area (Å²) < 4.78 is 2.63. The van der Waals surface area contributed by atoms with Crippen LogP contribution in [0.15, 0.2) is 47.4 Å². The summed E-state index contributed by atoms with van der Waals surface area (Å²) in [5.41, 5.74) is 0.774. The maximum absolute atomic E-state index is 12.0. The molecule has 7 nitrogen and oxygen atoms in total. The summed E-state index contributed by atoms with van der Waals surface area (Å²) in [4.78, 5) is 29.3. The normalized spacial score (nSPS) is 16.2. The smallest absolute Gasteiger partial charge is 0.285 e. The Balaban J connectivity index is 1.43. The maximum Gasteiger partial charge on any atom is 0.285 e. The number of likely N-dealkylation sites (tertiary alicyclic amines) is 1. The monoisotopic (exact) mass is 370 g/mol. The van der Waals surface area contributed by atoms with Gasteiger partial charge in [0, 0.05) is 31.1 Å². The Morgan fingerprint density at radius 1 is 1.19 bits per heavy atom. The van der Waals surface area contributed by atoms with Crippen LogP contribution in [0.1, 0.15) is 23.8 Å². The van der Waals surface area contributed by atoms with Crippen LogP contribution in [0.2, 0.25) is 0 Å². The van der Waals surface area contributed by atoms with Crippen molar-refractivity contribution in [1.82, 2.24) is 14.5 Å². The van der Waals surface area contributed by atoms with Crippen molar-refractivity contribution < 1.29 is 4.92 Å². The first-order valence-electron chi connectivity index (χ1n) is 8.53. The van der Waals surface area contributed by atoms with Crippen molar-refractivity contribution >= 4 is 27.2 Å². The Morgan fingerprint density at radius 2 is 1.96 bits per heavy atom. The molecule has 1 fully saturated rings. The van der Waals surface area contributed by atoms with E-state index >= 15 is 0 Å². The molecule has 26 heavy (non-hydrogen) atoms. The number of fused-ring (bicyclic) bond motifs is 1. The Morgan fingerprint density at radius 3 is 2.69 bits per heavy atom. The van der Waals surface area contributed by atoms with Gasteiger partial charge in [0.15, 0.2) is 0 Å². The van der Waals surface area contributed by atoms with Crippen LogP contribution in [-0.2, 0) is 6.67 Å². The standard InChI is InChI=1S/C18H18N4O3S/c23-17-6-5-14(22(24)25)11-21(17)12-20-9-7-13(8-10-20)18-19-15-3-1-2-4-16(15)26-18/h1-6,11,13H,7-10,12H2. The predicted octanol–water partition coefficient (Wildman–Crippen LogP) is 3.20. The highest BCUT2D eigenvalue weighted by Crippen LogP contribution is 2.33. The molecule has 0 N–H and O–H groups in total. The third kappa shape index (κ3) is 3.38. The van der Waals surface area contributed by atoms with Crippen LogP contribution in [0.4, 0.5) is 5.69 Å². The minimum atomic E-state index is -0.477. The molecule has 1 aliphatic heterocycles. The topological polar surface area (TPSA) is 81.3 Å². The van der Waals surface area contributed by atoms with Gasteiger partial charge in [-0.2, -0.15) is 0 Å². The lowest BCUT2D eigenvalue weighted by Crippen LogP contribution is -2.37. The minimum Gasteiger partial charge on any atom is -0.295 e. The van der Waals surface area contributed by atoms with Crippen molar-refractivity contribution in [3.8, 4) is 0 Å². The third-order valence-corrected chi connectivity index (χ3v) is 5.98. The SMILES string of the molecule is O=c1ccc([N+](=O)[O-])cn1CN1CCC(c2nc3ccccc3s2)CC1.